The normalized spacial score (nSPS) is 13.5. The number of hydrogen-bond donors (Lipinski definition) is 1. The molecule has 0 bridgehead atoms. The second-order valence-corrected chi connectivity index (χ2v) is 3.95. The summed E-state index contributed by atoms with van der Waals surface area (Å²) in [6, 6.07) is 7.55. The van der Waals surface area contributed by atoms with E-state index in [4.69, 9.17) is 10.5 Å². The first-order valence-electron chi connectivity index (χ1n) is 5.30. The van der Waals surface area contributed by atoms with E-state index >= 15 is 0 Å². The third-order valence-electron chi connectivity index (χ3n) is 2.82. The molecule has 0 spiro atoms. The topological polar surface area (TPSA) is 69.4 Å². The van der Waals surface area contributed by atoms with Gasteiger partial charge in [0.05, 0.1) is 12.7 Å². The van der Waals surface area contributed by atoms with Gasteiger partial charge in [-0.2, -0.15) is 0 Å². The summed E-state index contributed by atoms with van der Waals surface area (Å²) < 4.78 is 4.75. The summed E-state index contributed by atoms with van der Waals surface area (Å²) in [5.74, 6) is -0.847. The van der Waals surface area contributed by atoms with Crippen molar-refractivity contribution >= 4 is 17.4 Å². The maximum Gasteiger partial charge on any atom is 0.338 e. The maximum absolute atomic E-state index is 11.7. The molecule has 4 heteroatoms. The van der Waals surface area contributed by atoms with E-state index in [0.29, 0.717) is 12.0 Å². The second kappa shape index (κ2) is 4.41. The van der Waals surface area contributed by atoms with Crippen LogP contribution in [0.15, 0.2) is 29.8 Å². The van der Waals surface area contributed by atoms with Crippen molar-refractivity contribution in [2.24, 2.45) is 5.73 Å². The van der Waals surface area contributed by atoms with Gasteiger partial charge in [0, 0.05) is 6.42 Å². The van der Waals surface area contributed by atoms with Crippen LogP contribution in [-0.2, 0) is 20.7 Å². The van der Waals surface area contributed by atoms with Crippen molar-refractivity contribution in [3.05, 3.63) is 41.0 Å². The molecule has 0 unspecified atom stereocenters. The molecule has 0 saturated heterocycles. The first-order valence-corrected chi connectivity index (χ1v) is 5.30. The molecule has 0 fully saturated rings. The van der Waals surface area contributed by atoms with Crippen LogP contribution in [0.3, 0.4) is 0 Å². The Labute approximate surface area is 99.1 Å². The minimum atomic E-state index is -0.436. The van der Waals surface area contributed by atoms with Gasteiger partial charge in [0.15, 0.2) is 0 Å². The first kappa shape index (κ1) is 11.4. The zero-order valence-corrected chi connectivity index (χ0v) is 9.53. The molecule has 0 radical (unpaired) electrons. The predicted octanol–water partition coefficient (Wildman–Crippen LogP) is 1.04. The van der Waals surface area contributed by atoms with Gasteiger partial charge in [0.25, 0.3) is 0 Å². The fraction of sp³-hybridized carbons (Fsp3) is 0.231. The molecule has 1 aliphatic rings. The van der Waals surface area contributed by atoms with Crippen LogP contribution in [0.25, 0.3) is 5.57 Å². The minimum absolute atomic E-state index is 0.0963. The van der Waals surface area contributed by atoms with Crippen LogP contribution in [0.4, 0.5) is 0 Å². The lowest BCUT2D eigenvalue weighted by molar-refractivity contribution is -0.133. The van der Waals surface area contributed by atoms with Crippen molar-refractivity contribution in [3.8, 4) is 0 Å². The fourth-order valence-corrected chi connectivity index (χ4v) is 2.14. The second-order valence-electron chi connectivity index (χ2n) is 3.95. The van der Waals surface area contributed by atoms with E-state index in [1.807, 2.05) is 24.3 Å². The van der Waals surface area contributed by atoms with Crippen LogP contribution in [0, 0.1) is 0 Å². The third kappa shape index (κ3) is 2.06. The molecule has 2 N–H and O–H groups in total. The van der Waals surface area contributed by atoms with Crippen molar-refractivity contribution in [2.45, 2.75) is 12.8 Å². The highest BCUT2D eigenvalue weighted by atomic mass is 16.5. The van der Waals surface area contributed by atoms with Crippen molar-refractivity contribution in [2.75, 3.05) is 7.11 Å². The lowest BCUT2D eigenvalue weighted by atomic mass is 10.0. The Hall–Kier alpha value is -2.10. The maximum atomic E-state index is 11.7. The molecule has 1 aromatic rings. The summed E-state index contributed by atoms with van der Waals surface area (Å²) in [4.78, 5) is 22.7. The largest absolute Gasteiger partial charge is 0.465 e. The number of carbonyl (C=O) groups excluding carboxylic acids is 2. The highest BCUT2D eigenvalue weighted by Gasteiger charge is 2.27. The van der Waals surface area contributed by atoms with Crippen LogP contribution in [0.2, 0.25) is 0 Å². The number of esters is 1. The molecule has 1 amide bonds. The van der Waals surface area contributed by atoms with Crippen LogP contribution in [0.1, 0.15) is 17.5 Å². The average Bonchev–Trinajstić information content (AvgIpc) is 2.65. The Balaban J connectivity index is 2.47. The number of hydrogen-bond acceptors (Lipinski definition) is 3. The molecule has 88 valence electrons. The number of benzene rings is 1. The SMILES string of the molecule is COC(=O)C1=C(CC(N)=O)Cc2ccccc21. The van der Waals surface area contributed by atoms with E-state index in [1.54, 1.807) is 0 Å². The quantitative estimate of drug-likeness (QED) is 0.790. The Kier molecular flexibility index (Phi) is 2.95. The summed E-state index contributed by atoms with van der Waals surface area (Å²) in [6.07, 6.45) is 0.683. The van der Waals surface area contributed by atoms with E-state index in [0.717, 1.165) is 16.7 Å². The van der Waals surface area contributed by atoms with Crippen LogP contribution >= 0.6 is 0 Å². The van der Waals surface area contributed by atoms with Crippen LogP contribution in [0.5, 0.6) is 0 Å². The monoisotopic (exact) mass is 231 g/mol. The molecule has 17 heavy (non-hydrogen) atoms. The average molecular weight is 231 g/mol. The Morgan fingerprint density at radius 3 is 2.71 bits per heavy atom. The molecule has 0 atom stereocenters. The minimum Gasteiger partial charge on any atom is -0.465 e. The van der Waals surface area contributed by atoms with E-state index < -0.39 is 11.9 Å². The van der Waals surface area contributed by atoms with Crippen LogP contribution in [-0.4, -0.2) is 19.0 Å². The van der Waals surface area contributed by atoms with Gasteiger partial charge < -0.3 is 10.5 Å². The van der Waals surface area contributed by atoms with E-state index in [9.17, 15) is 9.59 Å². The van der Waals surface area contributed by atoms with Gasteiger partial charge in [-0.05, 0) is 23.1 Å². The summed E-state index contributed by atoms with van der Waals surface area (Å²) >= 11 is 0. The number of fused-ring (bicyclic) bond motifs is 1. The summed E-state index contributed by atoms with van der Waals surface area (Å²) in [5.41, 5.74) is 8.29. The summed E-state index contributed by atoms with van der Waals surface area (Å²) in [7, 11) is 1.33. The van der Waals surface area contributed by atoms with E-state index in [-0.39, 0.29) is 6.42 Å². The number of rotatable bonds is 3. The number of nitrogens with two attached hydrogens (primary N) is 1. The molecular weight excluding hydrogens is 218 g/mol. The van der Waals surface area contributed by atoms with Crippen molar-refractivity contribution in [1.82, 2.24) is 0 Å². The Morgan fingerprint density at radius 2 is 2.06 bits per heavy atom. The number of primary amides is 1. The lowest BCUT2D eigenvalue weighted by Crippen LogP contribution is -2.13. The zero-order valence-electron chi connectivity index (χ0n) is 9.53. The predicted molar refractivity (Wildman–Crippen MR) is 62.9 cm³/mol. The molecule has 1 aromatic carbocycles. The summed E-state index contributed by atoms with van der Waals surface area (Å²) in [5, 5.41) is 0. The molecular formula is C13H13NO3. The summed E-state index contributed by atoms with van der Waals surface area (Å²) in [6.45, 7) is 0. The smallest absolute Gasteiger partial charge is 0.338 e. The standard InChI is InChI=1S/C13H13NO3/c1-17-13(16)12-9(7-11(14)15)6-8-4-2-3-5-10(8)12/h2-5H,6-7H2,1H3,(H2,14,15). The van der Waals surface area contributed by atoms with Crippen molar-refractivity contribution < 1.29 is 14.3 Å². The number of methoxy groups -OCH3 is 1. The Morgan fingerprint density at radius 1 is 1.35 bits per heavy atom. The van der Waals surface area contributed by atoms with Gasteiger partial charge in [-0.1, -0.05) is 24.3 Å². The molecule has 4 nitrogen and oxygen atoms in total. The molecule has 0 aliphatic heterocycles. The van der Waals surface area contributed by atoms with Crippen molar-refractivity contribution in [3.63, 3.8) is 0 Å². The molecule has 1 aliphatic carbocycles. The van der Waals surface area contributed by atoms with Gasteiger partial charge in [0.2, 0.25) is 5.91 Å². The third-order valence-corrected chi connectivity index (χ3v) is 2.82. The molecule has 0 aromatic heterocycles. The van der Waals surface area contributed by atoms with Gasteiger partial charge in [-0.3, -0.25) is 4.79 Å². The number of amides is 1. The lowest BCUT2D eigenvalue weighted by Gasteiger charge is -2.04. The van der Waals surface area contributed by atoms with E-state index in [1.165, 1.54) is 7.11 Å². The fourth-order valence-electron chi connectivity index (χ4n) is 2.14. The molecule has 0 heterocycles. The van der Waals surface area contributed by atoms with Gasteiger partial charge in [-0.15, -0.1) is 0 Å². The highest BCUT2D eigenvalue weighted by Crippen LogP contribution is 2.34. The first-order chi connectivity index (χ1) is 8.13. The Bertz CT molecular complexity index is 517. The number of ether oxygens (including phenoxy) is 1. The van der Waals surface area contributed by atoms with Gasteiger partial charge in [0.1, 0.15) is 0 Å². The van der Waals surface area contributed by atoms with E-state index in [2.05, 4.69) is 0 Å². The van der Waals surface area contributed by atoms with Gasteiger partial charge in [-0.25, -0.2) is 4.79 Å². The zero-order chi connectivity index (χ0) is 12.4. The molecule has 2 rings (SSSR count). The van der Waals surface area contributed by atoms with Crippen molar-refractivity contribution in [1.29, 1.82) is 0 Å². The van der Waals surface area contributed by atoms with Crippen LogP contribution < -0.4 is 5.73 Å². The highest BCUT2D eigenvalue weighted by molar-refractivity contribution is 6.19. The molecule has 0 saturated carbocycles. The van der Waals surface area contributed by atoms with Gasteiger partial charge >= 0.3 is 5.97 Å². The number of carbonyl (C=O) groups is 2.